The molecule has 9 heteroatoms. The van der Waals surface area contributed by atoms with Gasteiger partial charge in [-0.05, 0) is 74.0 Å². The van der Waals surface area contributed by atoms with Gasteiger partial charge >= 0.3 is 0 Å². The molecule has 0 spiro atoms. The molecular formula is C23H24Cl2N4O2S. The Kier molecular flexibility index (Phi) is 7.00. The van der Waals surface area contributed by atoms with Crippen LogP contribution in [0.3, 0.4) is 0 Å². The summed E-state index contributed by atoms with van der Waals surface area (Å²) in [5, 5.41) is 1.44. The average Bonchev–Trinajstić information content (AvgIpc) is 3.30. The van der Waals surface area contributed by atoms with Crippen molar-refractivity contribution in [3.05, 3.63) is 72.7 Å². The van der Waals surface area contributed by atoms with Crippen LogP contribution >= 0.6 is 35.4 Å². The van der Waals surface area contributed by atoms with Crippen LogP contribution in [-0.4, -0.2) is 51.4 Å². The molecule has 1 fully saturated rings. The van der Waals surface area contributed by atoms with Gasteiger partial charge in [-0.2, -0.15) is 0 Å². The lowest BCUT2D eigenvalue weighted by atomic mass is 10.1. The van der Waals surface area contributed by atoms with E-state index in [1.54, 1.807) is 37.4 Å². The Morgan fingerprint density at radius 1 is 1.12 bits per heavy atom. The summed E-state index contributed by atoms with van der Waals surface area (Å²) in [7, 11) is 1.62. The van der Waals surface area contributed by atoms with Gasteiger partial charge in [-0.3, -0.25) is 14.2 Å². The van der Waals surface area contributed by atoms with Crippen molar-refractivity contribution in [1.29, 1.82) is 0 Å². The number of amides is 1. The summed E-state index contributed by atoms with van der Waals surface area (Å²) >= 11 is 17.5. The predicted octanol–water partition coefficient (Wildman–Crippen LogP) is 4.64. The van der Waals surface area contributed by atoms with Crippen LogP contribution in [0.2, 0.25) is 10.0 Å². The van der Waals surface area contributed by atoms with E-state index in [9.17, 15) is 9.59 Å². The van der Waals surface area contributed by atoms with E-state index in [1.807, 2.05) is 11.0 Å². The first-order valence-electron chi connectivity index (χ1n) is 10.5. The number of likely N-dealkylation sites (tertiary alicyclic amines) is 1. The maximum absolute atomic E-state index is 13.5. The molecule has 6 nitrogen and oxygen atoms in total. The molecular weight excluding hydrogens is 467 g/mol. The van der Waals surface area contributed by atoms with Crippen molar-refractivity contribution in [2.24, 2.45) is 7.05 Å². The number of hydrogen-bond donors (Lipinski definition) is 1. The van der Waals surface area contributed by atoms with E-state index in [2.05, 4.69) is 9.88 Å². The number of aromatic amines is 1. The monoisotopic (exact) mass is 490 g/mol. The number of nitrogens with one attached hydrogen (secondary N) is 1. The lowest BCUT2D eigenvalue weighted by Gasteiger charge is -2.26. The molecule has 1 N–H and O–H groups in total. The second-order valence-electron chi connectivity index (χ2n) is 8.08. The topological polar surface area (TPSA) is 61.3 Å². The minimum Gasteiger partial charge on any atom is -0.333 e. The first-order valence-corrected chi connectivity index (χ1v) is 11.7. The van der Waals surface area contributed by atoms with Crippen LogP contribution in [0.15, 0.2) is 41.2 Å². The Labute approximate surface area is 201 Å². The second kappa shape index (κ2) is 9.75. The van der Waals surface area contributed by atoms with Crippen molar-refractivity contribution in [3.8, 4) is 0 Å². The van der Waals surface area contributed by atoms with E-state index < -0.39 is 0 Å². The largest absolute Gasteiger partial charge is 0.333 e. The first kappa shape index (κ1) is 23.0. The Bertz CT molecular complexity index is 1280. The van der Waals surface area contributed by atoms with Gasteiger partial charge in [-0.25, -0.2) is 0 Å². The molecule has 4 rings (SSSR count). The Balaban J connectivity index is 1.64. The fourth-order valence-electron chi connectivity index (χ4n) is 4.00. The number of hydrogen-bond acceptors (Lipinski definition) is 4. The molecule has 0 unspecified atom stereocenters. The molecule has 32 heavy (non-hydrogen) atoms. The third-order valence-electron chi connectivity index (χ3n) is 5.88. The predicted molar refractivity (Wildman–Crippen MR) is 131 cm³/mol. The highest BCUT2D eigenvalue weighted by Crippen LogP contribution is 2.24. The van der Waals surface area contributed by atoms with Crippen molar-refractivity contribution >= 4 is 52.2 Å². The quantitative estimate of drug-likeness (QED) is 0.511. The summed E-state index contributed by atoms with van der Waals surface area (Å²) in [5.74, 6) is -0.114. The molecule has 3 aromatic rings. The minimum atomic E-state index is -0.190. The summed E-state index contributed by atoms with van der Waals surface area (Å²) in [4.78, 5) is 33.2. The molecule has 0 aliphatic carbocycles. The zero-order chi connectivity index (χ0) is 22.8. The van der Waals surface area contributed by atoms with E-state index in [0.29, 0.717) is 44.4 Å². The van der Waals surface area contributed by atoms with Gasteiger partial charge < -0.3 is 14.8 Å². The van der Waals surface area contributed by atoms with Crippen molar-refractivity contribution in [2.75, 3.05) is 26.2 Å². The molecule has 1 aromatic heterocycles. The molecule has 2 heterocycles. The number of nitrogens with zero attached hydrogens (tertiary/aromatic N) is 3. The highest BCUT2D eigenvalue weighted by Gasteiger charge is 2.20. The minimum absolute atomic E-state index is 0.114. The molecule has 0 saturated carbocycles. The van der Waals surface area contributed by atoms with Gasteiger partial charge in [0.05, 0.1) is 20.9 Å². The molecule has 1 aliphatic rings. The van der Waals surface area contributed by atoms with Gasteiger partial charge in [-0.15, -0.1) is 0 Å². The first-order chi connectivity index (χ1) is 15.3. The second-order valence-corrected chi connectivity index (χ2v) is 9.28. The SMILES string of the molecule is Cn1c(=S)[nH]c2cc(C(=O)N(CCN3CCCC3)Cc3ccc(Cl)c(Cl)c3)ccc2c1=O. The van der Waals surface area contributed by atoms with E-state index >= 15 is 0 Å². The van der Waals surface area contributed by atoms with Crippen LogP contribution in [0.25, 0.3) is 10.9 Å². The van der Waals surface area contributed by atoms with Crippen molar-refractivity contribution in [3.63, 3.8) is 0 Å². The zero-order valence-electron chi connectivity index (χ0n) is 17.7. The van der Waals surface area contributed by atoms with Crippen LogP contribution in [-0.2, 0) is 13.6 Å². The van der Waals surface area contributed by atoms with Crippen molar-refractivity contribution < 1.29 is 4.79 Å². The average molecular weight is 491 g/mol. The summed E-state index contributed by atoms with van der Waals surface area (Å²) in [5.41, 5.74) is 1.77. The van der Waals surface area contributed by atoms with Gasteiger partial charge in [0.2, 0.25) is 0 Å². The normalized spacial score (nSPS) is 14.2. The number of carbonyl (C=O) groups is 1. The molecule has 1 amide bonds. The van der Waals surface area contributed by atoms with Gasteiger partial charge in [0.1, 0.15) is 0 Å². The number of rotatable bonds is 6. The lowest BCUT2D eigenvalue weighted by Crippen LogP contribution is -2.37. The van der Waals surface area contributed by atoms with Crippen molar-refractivity contribution in [2.45, 2.75) is 19.4 Å². The smallest absolute Gasteiger partial charge is 0.261 e. The molecule has 1 aliphatic heterocycles. The number of aromatic nitrogens is 2. The standard InChI is InChI=1S/C23H24Cl2N4O2S/c1-27-22(31)17-6-5-16(13-20(17)26-23(27)32)21(30)29(11-10-28-8-2-3-9-28)14-15-4-7-18(24)19(25)12-15/h4-7,12-13H,2-3,8-11,14H2,1H3,(H,26,32). The summed E-state index contributed by atoms with van der Waals surface area (Å²) in [6.07, 6.45) is 2.39. The van der Waals surface area contributed by atoms with Crippen LogP contribution in [0.4, 0.5) is 0 Å². The van der Waals surface area contributed by atoms with Crippen LogP contribution in [0.1, 0.15) is 28.8 Å². The van der Waals surface area contributed by atoms with E-state index in [1.165, 1.54) is 17.4 Å². The van der Waals surface area contributed by atoms with Crippen LogP contribution < -0.4 is 5.56 Å². The number of fused-ring (bicyclic) bond motifs is 1. The Morgan fingerprint density at radius 3 is 2.59 bits per heavy atom. The number of carbonyl (C=O) groups excluding carboxylic acids is 1. The fourth-order valence-corrected chi connectivity index (χ4v) is 4.51. The Morgan fingerprint density at radius 2 is 1.88 bits per heavy atom. The van der Waals surface area contributed by atoms with Gasteiger partial charge in [0, 0.05) is 32.2 Å². The molecule has 0 bridgehead atoms. The molecule has 2 aromatic carbocycles. The number of benzene rings is 2. The van der Waals surface area contributed by atoms with Gasteiger partial charge in [-0.1, -0.05) is 29.3 Å². The van der Waals surface area contributed by atoms with Gasteiger partial charge in [0.15, 0.2) is 4.77 Å². The number of H-pyrrole nitrogens is 1. The third-order valence-corrected chi connectivity index (χ3v) is 6.99. The van der Waals surface area contributed by atoms with E-state index in [0.717, 1.165) is 25.2 Å². The van der Waals surface area contributed by atoms with E-state index in [4.69, 9.17) is 35.4 Å². The van der Waals surface area contributed by atoms with Crippen LogP contribution in [0, 0.1) is 4.77 Å². The fraction of sp³-hybridized carbons (Fsp3) is 0.348. The van der Waals surface area contributed by atoms with E-state index in [-0.39, 0.29) is 11.5 Å². The third kappa shape index (κ3) is 4.91. The number of halogens is 2. The molecule has 0 radical (unpaired) electrons. The van der Waals surface area contributed by atoms with Gasteiger partial charge in [0.25, 0.3) is 11.5 Å². The maximum Gasteiger partial charge on any atom is 0.261 e. The maximum atomic E-state index is 13.5. The summed E-state index contributed by atoms with van der Waals surface area (Å²) in [6.45, 7) is 3.93. The molecule has 1 saturated heterocycles. The lowest BCUT2D eigenvalue weighted by molar-refractivity contribution is 0.0727. The zero-order valence-corrected chi connectivity index (χ0v) is 20.1. The summed E-state index contributed by atoms with van der Waals surface area (Å²) in [6, 6.07) is 10.5. The van der Waals surface area contributed by atoms with Crippen LogP contribution in [0.5, 0.6) is 0 Å². The summed E-state index contributed by atoms with van der Waals surface area (Å²) < 4.78 is 1.69. The highest BCUT2D eigenvalue weighted by atomic mass is 35.5. The highest BCUT2D eigenvalue weighted by molar-refractivity contribution is 7.71. The molecule has 0 atom stereocenters. The Hall–Kier alpha value is -2.19. The molecule has 168 valence electrons. The van der Waals surface area contributed by atoms with Crippen molar-refractivity contribution in [1.82, 2.24) is 19.4 Å².